The van der Waals surface area contributed by atoms with Gasteiger partial charge < -0.3 is 9.47 Å². The molecular weight excluding hydrogens is 390 g/mol. The molecule has 8 heteroatoms. The molecule has 1 N–H and O–H groups in total. The van der Waals surface area contributed by atoms with Gasteiger partial charge in [-0.15, -0.1) is 5.10 Å². The van der Waals surface area contributed by atoms with Gasteiger partial charge in [0.25, 0.3) is 5.91 Å². The summed E-state index contributed by atoms with van der Waals surface area (Å²) in [6.07, 6.45) is 0.651. The summed E-state index contributed by atoms with van der Waals surface area (Å²) in [5.74, 6) is 1.20. The molecule has 146 valence electrons. The number of hydrogen-bond acceptors (Lipinski definition) is 6. The smallest absolute Gasteiger partial charge is 0.260 e. The Kier molecular flexibility index (Phi) is 4.28. The van der Waals surface area contributed by atoms with Gasteiger partial charge in [-0.1, -0.05) is 24.3 Å². The minimum Gasteiger partial charge on any atom is -0.493 e. The van der Waals surface area contributed by atoms with Crippen molar-refractivity contribution in [2.24, 2.45) is 0 Å². The quantitative estimate of drug-likeness (QED) is 0.717. The third-order valence-corrected chi connectivity index (χ3v) is 6.00. The van der Waals surface area contributed by atoms with Crippen LogP contribution in [0, 0.1) is 6.92 Å². The van der Waals surface area contributed by atoms with Gasteiger partial charge in [0, 0.05) is 39.3 Å². The van der Waals surface area contributed by atoms with Crippen LogP contribution in [0.5, 0.6) is 17.4 Å². The van der Waals surface area contributed by atoms with E-state index in [4.69, 9.17) is 9.47 Å². The van der Waals surface area contributed by atoms with Gasteiger partial charge in [-0.05, 0) is 25.5 Å². The van der Waals surface area contributed by atoms with Crippen molar-refractivity contribution in [2.75, 3.05) is 6.61 Å². The minimum atomic E-state index is -1.45. The molecule has 0 radical (unpaired) electrons. The molecule has 5 rings (SSSR count). The van der Waals surface area contributed by atoms with Crippen LogP contribution in [-0.2, 0) is 15.8 Å². The highest BCUT2D eigenvalue weighted by Gasteiger charge is 2.32. The average Bonchev–Trinajstić information content (AvgIpc) is 3.07. The van der Waals surface area contributed by atoms with Crippen molar-refractivity contribution in [2.45, 2.75) is 19.3 Å². The first-order chi connectivity index (χ1) is 14.1. The van der Waals surface area contributed by atoms with Crippen LogP contribution < -0.4 is 14.2 Å². The zero-order valence-corrected chi connectivity index (χ0v) is 16.4. The Labute approximate surface area is 169 Å². The summed E-state index contributed by atoms with van der Waals surface area (Å²) in [4.78, 5) is 12.1. The van der Waals surface area contributed by atoms with Crippen LogP contribution in [0.15, 0.2) is 53.4 Å². The molecular formula is C21H17N3O4S. The topological polar surface area (TPSA) is 90.4 Å². The van der Waals surface area contributed by atoms with Crippen molar-refractivity contribution < 1.29 is 18.5 Å². The number of carbonyl (C=O) groups is 1. The normalized spacial score (nSPS) is 20.6. The molecule has 1 amide bonds. The molecule has 0 spiro atoms. The zero-order valence-electron chi connectivity index (χ0n) is 15.5. The van der Waals surface area contributed by atoms with Crippen molar-refractivity contribution in [3.8, 4) is 17.4 Å². The van der Waals surface area contributed by atoms with Crippen LogP contribution in [0.4, 0.5) is 0 Å². The van der Waals surface area contributed by atoms with Crippen LogP contribution in [-0.4, -0.2) is 26.9 Å². The van der Waals surface area contributed by atoms with Gasteiger partial charge in [-0.25, -0.2) is 4.21 Å². The maximum absolute atomic E-state index is 12.1. The van der Waals surface area contributed by atoms with Crippen molar-refractivity contribution >= 4 is 27.7 Å². The van der Waals surface area contributed by atoms with Gasteiger partial charge >= 0.3 is 0 Å². The van der Waals surface area contributed by atoms with E-state index >= 15 is 0 Å². The number of nitrogens with zero attached hydrogens (tertiary/aromatic N) is 2. The Bertz CT molecular complexity index is 1210. The highest BCUT2D eigenvalue weighted by atomic mass is 32.2. The Balaban J connectivity index is 1.49. The number of nitrogens with one attached hydrogen (secondary N) is 1. The van der Waals surface area contributed by atoms with Gasteiger partial charge in [-0.2, -0.15) is 5.10 Å². The lowest BCUT2D eigenvalue weighted by atomic mass is 9.87. The zero-order chi connectivity index (χ0) is 20.0. The van der Waals surface area contributed by atoms with Gasteiger partial charge in [0.05, 0.1) is 12.3 Å². The van der Waals surface area contributed by atoms with Crippen molar-refractivity contribution in [3.63, 3.8) is 0 Å². The largest absolute Gasteiger partial charge is 0.493 e. The molecule has 29 heavy (non-hydrogen) atoms. The molecule has 0 saturated heterocycles. The number of carbonyl (C=O) groups excluding carboxylic acids is 1. The SMILES string of the molecule is Cc1nnc(Oc2ccc3c(c2)OCCC3C2=CS(=O)NC2=O)c2ccccc12. The molecule has 2 aliphatic heterocycles. The summed E-state index contributed by atoms with van der Waals surface area (Å²) in [6, 6.07) is 13.3. The lowest BCUT2D eigenvalue weighted by Gasteiger charge is -2.26. The number of amides is 1. The monoisotopic (exact) mass is 407 g/mol. The maximum Gasteiger partial charge on any atom is 0.260 e. The van der Waals surface area contributed by atoms with E-state index in [1.165, 1.54) is 5.41 Å². The van der Waals surface area contributed by atoms with E-state index in [2.05, 4.69) is 14.9 Å². The van der Waals surface area contributed by atoms with Gasteiger partial charge in [0.15, 0.2) is 0 Å². The average molecular weight is 407 g/mol. The summed E-state index contributed by atoms with van der Waals surface area (Å²) in [6.45, 7) is 2.37. The summed E-state index contributed by atoms with van der Waals surface area (Å²) >= 11 is 0. The number of benzene rings is 2. The summed E-state index contributed by atoms with van der Waals surface area (Å²) in [7, 11) is -1.45. The minimum absolute atomic E-state index is 0.153. The first kappa shape index (κ1) is 17.8. The highest BCUT2D eigenvalue weighted by Crippen LogP contribution is 2.42. The Morgan fingerprint density at radius 3 is 2.79 bits per heavy atom. The second kappa shape index (κ2) is 6.97. The van der Waals surface area contributed by atoms with Crippen molar-refractivity contribution in [3.05, 3.63) is 64.7 Å². The van der Waals surface area contributed by atoms with E-state index in [9.17, 15) is 9.00 Å². The molecule has 3 aromatic rings. The number of aryl methyl sites for hydroxylation is 1. The second-order valence-electron chi connectivity index (χ2n) is 6.93. The summed E-state index contributed by atoms with van der Waals surface area (Å²) in [5, 5.41) is 11.7. The Morgan fingerprint density at radius 1 is 1.17 bits per heavy atom. The van der Waals surface area contributed by atoms with E-state index in [1.54, 1.807) is 6.07 Å². The van der Waals surface area contributed by atoms with Crippen LogP contribution >= 0.6 is 0 Å². The fourth-order valence-electron chi connectivity index (χ4n) is 3.75. The van der Waals surface area contributed by atoms with E-state index in [0.717, 1.165) is 22.0 Å². The molecule has 7 nitrogen and oxygen atoms in total. The van der Waals surface area contributed by atoms with E-state index in [1.807, 2.05) is 43.3 Å². The molecule has 3 heterocycles. The number of rotatable bonds is 3. The van der Waals surface area contributed by atoms with Gasteiger partial charge in [0.1, 0.15) is 22.5 Å². The second-order valence-corrected chi connectivity index (χ2v) is 7.96. The summed E-state index contributed by atoms with van der Waals surface area (Å²) in [5.41, 5.74) is 2.24. The lowest BCUT2D eigenvalue weighted by Crippen LogP contribution is -2.23. The van der Waals surface area contributed by atoms with Gasteiger partial charge in [0.2, 0.25) is 5.88 Å². The lowest BCUT2D eigenvalue weighted by molar-refractivity contribution is -0.115. The van der Waals surface area contributed by atoms with E-state index in [0.29, 0.717) is 36.0 Å². The van der Waals surface area contributed by atoms with Crippen LogP contribution in [0.1, 0.15) is 23.6 Å². The van der Waals surface area contributed by atoms with Gasteiger partial charge in [-0.3, -0.25) is 9.52 Å². The number of aromatic nitrogens is 2. The molecule has 0 saturated carbocycles. The maximum atomic E-state index is 12.1. The molecule has 2 aliphatic rings. The number of ether oxygens (including phenoxy) is 2. The third-order valence-electron chi connectivity index (χ3n) is 5.14. The number of hydrogen-bond donors (Lipinski definition) is 1. The van der Waals surface area contributed by atoms with Crippen LogP contribution in [0.3, 0.4) is 0 Å². The molecule has 2 atom stereocenters. The van der Waals surface area contributed by atoms with Crippen molar-refractivity contribution in [1.82, 2.24) is 14.9 Å². The predicted octanol–water partition coefficient (Wildman–Crippen LogP) is 3.27. The fraction of sp³-hybridized carbons (Fsp3) is 0.190. The standard InChI is InChI=1S/C21H17N3O4S/c1-12-14-4-2-3-5-17(14)21(23-22-12)28-13-6-7-16-15(8-9-27-19(16)10-13)18-11-29(26)24-20(18)25/h2-7,10-11,15H,8-9H2,1H3,(H,24,25). The molecule has 0 bridgehead atoms. The first-order valence-electron chi connectivity index (χ1n) is 9.20. The van der Waals surface area contributed by atoms with Crippen LogP contribution in [0.25, 0.3) is 10.8 Å². The Morgan fingerprint density at radius 2 is 2.00 bits per heavy atom. The third kappa shape index (κ3) is 3.15. The first-order valence-corrected chi connectivity index (χ1v) is 10.4. The fourth-order valence-corrected chi connectivity index (χ4v) is 4.61. The molecule has 0 aliphatic carbocycles. The Hall–Kier alpha value is -3.26. The van der Waals surface area contributed by atoms with Crippen LogP contribution in [0.2, 0.25) is 0 Å². The summed E-state index contributed by atoms with van der Waals surface area (Å²) < 4.78 is 25.9. The number of fused-ring (bicyclic) bond motifs is 2. The molecule has 0 fully saturated rings. The van der Waals surface area contributed by atoms with Crippen molar-refractivity contribution in [1.29, 1.82) is 0 Å². The van der Waals surface area contributed by atoms with E-state index < -0.39 is 11.0 Å². The highest BCUT2D eigenvalue weighted by molar-refractivity contribution is 7.87. The molecule has 1 aromatic heterocycles. The molecule has 2 unspecified atom stereocenters. The van der Waals surface area contributed by atoms with E-state index in [-0.39, 0.29) is 11.8 Å². The predicted molar refractivity (Wildman–Crippen MR) is 108 cm³/mol. The molecule has 2 aromatic carbocycles.